The average molecular weight is 437 g/mol. The number of hydrogen-bond donors (Lipinski definition) is 3. The minimum absolute atomic E-state index is 0.0494. The molecule has 2 aromatic carbocycles. The van der Waals surface area contributed by atoms with Crippen LogP contribution in [0.25, 0.3) is 33.4 Å². The number of aromatic nitrogens is 4. The second-order valence-corrected chi connectivity index (χ2v) is 8.06. The number of aromatic hydroxyl groups is 1. The molecule has 2 atom stereocenters. The van der Waals surface area contributed by atoms with E-state index in [0.717, 1.165) is 13.0 Å². The molecule has 2 aromatic heterocycles. The van der Waals surface area contributed by atoms with Crippen LogP contribution in [0.5, 0.6) is 11.9 Å². The van der Waals surface area contributed by atoms with Crippen molar-refractivity contribution < 1.29 is 18.6 Å². The predicted molar refractivity (Wildman–Crippen MR) is 115 cm³/mol. The van der Waals surface area contributed by atoms with E-state index in [1.165, 1.54) is 24.3 Å². The molecule has 3 heterocycles. The van der Waals surface area contributed by atoms with Crippen LogP contribution in [0.2, 0.25) is 0 Å². The second-order valence-electron chi connectivity index (χ2n) is 8.06. The van der Waals surface area contributed by atoms with Crippen LogP contribution in [-0.2, 0) is 0 Å². The Morgan fingerprint density at radius 3 is 2.66 bits per heavy atom. The van der Waals surface area contributed by atoms with Crippen molar-refractivity contribution in [1.82, 2.24) is 25.5 Å². The van der Waals surface area contributed by atoms with E-state index in [9.17, 15) is 13.9 Å². The van der Waals surface area contributed by atoms with Gasteiger partial charge in [0.25, 0.3) is 0 Å². The van der Waals surface area contributed by atoms with Crippen LogP contribution in [0.3, 0.4) is 0 Å². The van der Waals surface area contributed by atoms with Crippen LogP contribution in [0.15, 0.2) is 42.5 Å². The Morgan fingerprint density at radius 1 is 1.06 bits per heavy atom. The van der Waals surface area contributed by atoms with E-state index < -0.39 is 11.6 Å². The molecule has 1 fully saturated rings. The summed E-state index contributed by atoms with van der Waals surface area (Å²) in [6.07, 6.45) is 0.740. The molecular formula is C23H21F2N5O2. The maximum Gasteiger partial charge on any atom is 0.320 e. The number of nitrogens with zero attached hydrogens (tertiary/aromatic N) is 3. The fourth-order valence-electron chi connectivity index (χ4n) is 4.07. The first-order valence-electron chi connectivity index (χ1n) is 10.4. The fraction of sp³-hybridized carbons (Fsp3) is 0.261. The lowest BCUT2D eigenvalue weighted by atomic mass is 10.00. The molecule has 164 valence electrons. The summed E-state index contributed by atoms with van der Waals surface area (Å²) in [6.45, 7) is 3.72. The van der Waals surface area contributed by atoms with E-state index >= 15 is 0 Å². The Hall–Kier alpha value is -3.59. The maximum atomic E-state index is 14.3. The normalized spacial score (nSPS) is 18.7. The van der Waals surface area contributed by atoms with E-state index in [1.54, 1.807) is 18.2 Å². The molecule has 0 unspecified atom stereocenters. The highest BCUT2D eigenvalue weighted by Gasteiger charge is 2.22. The Kier molecular flexibility index (Phi) is 5.18. The van der Waals surface area contributed by atoms with Crippen molar-refractivity contribution in [2.45, 2.75) is 19.4 Å². The number of benzene rings is 2. The quantitative estimate of drug-likeness (QED) is 0.446. The Labute approximate surface area is 182 Å². The lowest BCUT2D eigenvalue weighted by Gasteiger charge is -2.27. The number of aromatic amines is 1. The van der Waals surface area contributed by atoms with Crippen LogP contribution in [0.4, 0.5) is 8.78 Å². The molecule has 32 heavy (non-hydrogen) atoms. The van der Waals surface area contributed by atoms with Gasteiger partial charge in [-0.2, -0.15) is 15.1 Å². The molecule has 3 N–H and O–H groups in total. The lowest BCUT2D eigenvalue weighted by Crippen LogP contribution is -2.41. The molecule has 0 spiro atoms. The van der Waals surface area contributed by atoms with Crippen LogP contribution >= 0.6 is 0 Å². The highest BCUT2D eigenvalue weighted by atomic mass is 19.1. The van der Waals surface area contributed by atoms with Gasteiger partial charge in [-0.15, -0.1) is 0 Å². The summed E-state index contributed by atoms with van der Waals surface area (Å²) in [6, 6.07) is 10.1. The largest absolute Gasteiger partial charge is 0.493 e. The van der Waals surface area contributed by atoms with E-state index in [4.69, 9.17) is 4.74 Å². The predicted octanol–water partition coefficient (Wildman–Crippen LogP) is 4.05. The minimum Gasteiger partial charge on any atom is -0.493 e. The smallest absolute Gasteiger partial charge is 0.320 e. The van der Waals surface area contributed by atoms with Crippen molar-refractivity contribution in [2.24, 2.45) is 5.92 Å². The van der Waals surface area contributed by atoms with Gasteiger partial charge in [0.15, 0.2) is 0 Å². The highest BCUT2D eigenvalue weighted by molar-refractivity contribution is 5.95. The SMILES string of the molecule is C[C@@H]1CNC[C@H](Oc2nc(O)cc(-c3n[nH]c4ccc(-c5c(F)cccc5F)cc34)n2)C1. The average Bonchev–Trinajstić information content (AvgIpc) is 3.17. The number of nitrogens with one attached hydrogen (secondary N) is 2. The van der Waals surface area contributed by atoms with Gasteiger partial charge in [-0.1, -0.05) is 19.1 Å². The standard InChI is InChI=1S/C23H21F2N5O2/c1-12-7-14(11-26-10-12)32-23-27-19(9-20(31)28-23)22-15-8-13(5-6-18(15)29-30-22)21-16(24)3-2-4-17(21)25/h2-6,8-9,12,14,26H,7,10-11H2,1H3,(H,29,30)(H,27,28,31)/t12-,14+/m0/s1. The van der Waals surface area contributed by atoms with Crippen LogP contribution < -0.4 is 10.1 Å². The van der Waals surface area contributed by atoms with Gasteiger partial charge in [0, 0.05) is 18.0 Å². The van der Waals surface area contributed by atoms with Crippen molar-refractivity contribution in [2.75, 3.05) is 13.1 Å². The summed E-state index contributed by atoms with van der Waals surface area (Å²) in [7, 11) is 0. The van der Waals surface area contributed by atoms with E-state index in [-0.39, 0.29) is 23.6 Å². The number of hydrogen-bond acceptors (Lipinski definition) is 6. The first kappa shape index (κ1) is 20.3. The Balaban J connectivity index is 1.54. The van der Waals surface area contributed by atoms with E-state index in [2.05, 4.69) is 32.4 Å². The molecule has 0 amide bonds. The van der Waals surface area contributed by atoms with Crippen molar-refractivity contribution in [3.8, 4) is 34.4 Å². The van der Waals surface area contributed by atoms with Gasteiger partial charge >= 0.3 is 6.01 Å². The molecule has 1 aliphatic heterocycles. The third-order valence-corrected chi connectivity index (χ3v) is 5.55. The minimum atomic E-state index is -0.653. The first-order valence-corrected chi connectivity index (χ1v) is 10.4. The van der Waals surface area contributed by atoms with Gasteiger partial charge < -0.3 is 15.2 Å². The fourth-order valence-corrected chi connectivity index (χ4v) is 4.07. The van der Waals surface area contributed by atoms with Crippen molar-refractivity contribution in [3.05, 3.63) is 54.1 Å². The van der Waals surface area contributed by atoms with Crippen LogP contribution in [0.1, 0.15) is 13.3 Å². The number of piperidine rings is 1. The molecule has 0 radical (unpaired) electrons. The Bertz CT molecular complexity index is 1270. The molecule has 0 saturated carbocycles. The topological polar surface area (TPSA) is 96.0 Å². The van der Waals surface area contributed by atoms with Gasteiger partial charge in [-0.3, -0.25) is 5.10 Å². The number of fused-ring (bicyclic) bond motifs is 1. The van der Waals surface area contributed by atoms with Gasteiger partial charge in [0.2, 0.25) is 5.88 Å². The van der Waals surface area contributed by atoms with Crippen LogP contribution in [-0.4, -0.2) is 44.5 Å². The molecule has 5 rings (SSSR count). The van der Waals surface area contributed by atoms with Gasteiger partial charge in [0.1, 0.15) is 29.1 Å². The zero-order chi connectivity index (χ0) is 22.2. The number of rotatable bonds is 4. The van der Waals surface area contributed by atoms with Crippen molar-refractivity contribution >= 4 is 10.9 Å². The summed E-state index contributed by atoms with van der Waals surface area (Å²) in [5.41, 5.74) is 1.66. The van der Waals surface area contributed by atoms with E-state index in [0.29, 0.717) is 40.3 Å². The highest BCUT2D eigenvalue weighted by Crippen LogP contribution is 2.33. The molecule has 7 nitrogen and oxygen atoms in total. The number of halogens is 2. The van der Waals surface area contributed by atoms with Gasteiger partial charge in [-0.05, 0) is 48.7 Å². The van der Waals surface area contributed by atoms with Gasteiger partial charge in [-0.25, -0.2) is 8.78 Å². The molecular weight excluding hydrogens is 416 g/mol. The summed E-state index contributed by atoms with van der Waals surface area (Å²) in [5, 5.41) is 21.3. The number of ether oxygens (including phenoxy) is 1. The first-order chi connectivity index (χ1) is 15.5. The van der Waals surface area contributed by atoms with Crippen molar-refractivity contribution in [1.29, 1.82) is 0 Å². The zero-order valence-electron chi connectivity index (χ0n) is 17.3. The lowest BCUT2D eigenvalue weighted by molar-refractivity contribution is 0.130. The third-order valence-electron chi connectivity index (χ3n) is 5.55. The number of H-pyrrole nitrogens is 1. The molecule has 4 aromatic rings. The summed E-state index contributed by atoms with van der Waals surface area (Å²) in [4.78, 5) is 8.42. The molecule has 0 aliphatic carbocycles. The maximum absolute atomic E-state index is 14.3. The molecule has 1 saturated heterocycles. The third kappa shape index (κ3) is 3.87. The second kappa shape index (κ2) is 8.16. The van der Waals surface area contributed by atoms with E-state index in [1.807, 2.05) is 0 Å². The summed E-state index contributed by atoms with van der Waals surface area (Å²) < 4.78 is 34.5. The van der Waals surface area contributed by atoms with Gasteiger partial charge in [0.05, 0.1) is 11.1 Å². The van der Waals surface area contributed by atoms with Crippen molar-refractivity contribution in [3.63, 3.8) is 0 Å². The van der Waals surface area contributed by atoms with Crippen LogP contribution in [0, 0.1) is 17.6 Å². The molecule has 1 aliphatic rings. The molecule has 0 bridgehead atoms. The monoisotopic (exact) mass is 437 g/mol. The summed E-state index contributed by atoms with van der Waals surface area (Å²) in [5.74, 6) is -1.10. The molecule has 9 heteroatoms. The zero-order valence-corrected chi connectivity index (χ0v) is 17.3. The Morgan fingerprint density at radius 2 is 1.88 bits per heavy atom. The summed E-state index contributed by atoms with van der Waals surface area (Å²) >= 11 is 0.